The van der Waals surface area contributed by atoms with Crippen molar-refractivity contribution in [2.24, 2.45) is 0 Å². The molecule has 1 saturated heterocycles. The van der Waals surface area contributed by atoms with E-state index in [1.54, 1.807) is 7.11 Å². The minimum atomic E-state index is -0.280. The third kappa shape index (κ3) is 3.88. The van der Waals surface area contributed by atoms with Crippen LogP contribution >= 0.6 is 0 Å². The molecular weight excluding hydrogens is 344 g/mol. The molecule has 0 spiro atoms. The maximum absolute atomic E-state index is 12.1. The molecule has 0 aliphatic carbocycles. The van der Waals surface area contributed by atoms with Crippen molar-refractivity contribution in [2.45, 2.75) is 18.9 Å². The largest absolute Gasteiger partial charge is 0.497 e. The van der Waals surface area contributed by atoms with Gasteiger partial charge in [-0.1, -0.05) is 18.2 Å². The molecule has 1 fully saturated rings. The summed E-state index contributed by atoms with van der Waals surface area (Å²) in [5.74, 6) is 1.33. The first kappa shape index (κ1) is 17.4. The van der Waals surface area contributed by atoms with Gasteiger partial charge >= 0.3 is 6.03 Å². The first-order valence-electron chi connectivity index (χ1n) is 9.02. The van der Waals surface area contributed by atoms with E-state index in [4.69, 9.17) is 9.47 Å². The number of H-pyrrole nitrogens is 1. The summed E-state index contributed by atoms with van der Waals surface area (Å²) in [7, 11) is 1.65. The number of methoxy groups -OCH3 is 1. The molecule has 0 radical (unpaired) electrons. The third-order valence-electron chi connectivity index (χ3n) is 4.73. The predicted molar refractivity (Wildman–Crippen MR) is 104 cm³/mol. The van der Waals surface area contributed by atoms with E-state index in [2.05, 4.69) is 20.8 Å². The number of rotatable bonds is 5. The van der Waals surface area contributed by atoms with Crippen LogP contribution in [0.1, 0.15) is 12.8 Å². The second-order valence-corrected chi connectivity index (χ2v) is 6.53. The zero-order chi connectivity index (χ0) is 18.6. The summed E-state index contributed by atoms with van der Waals surface area (Å²) in [6.07, 6.45) is 2.15. The van der Waals surface area contributed by atoms with Gasteiger partial charge in [0.25, 0.3) is 0 Å². The number of nitrogens with zero attached hydrogens (tertiary/aromatic N) is 1. The fourth-order valence-corrected chi connectivity index (χ4v) is 3.24. The van der Waals surface area contributed by atoms with E-state index in [0.29, 0.717) is 12.4 Å². The molecule has 2 amide bonds. The van der Waals surface area contributed by atoms with Gasteiger partial charge in [-0.15, -0.1) is 0 Å². The van der Waals surface area contributed by atoms with Gasteiger partial charge in [0.1, 0.15) is 5.75 Å². The Morgan fingerprint density at radius 3 is 2.81 bits per heavy atom. The molecule has 3 aromatic rings. The number of aromatic nitrogens is 2. The number of aromatic amines is 1. The highest BCUT2D eigenvalue weighted by molar-refractivity contribution is 6.00. The van der Waals surface area contributed by atoms with Crippen LogP contribution in [0.3, 0.4) is 0 Å². The molecule has 0 saturated carbocycles. The molecule has 140 valence electrons. The first-order chi connectivity index (χ1) is 13.2. The van der Waals surface area contributed by atoms with Crippen molar-refractivity contribution in [1.82, 2.24) is 15.5 Å². The fourth-order valence-electron chi connectivity index (χ4n) is 3.24. The molecule has 2 aromatic carbocycles. The number of anilines is 1. The molecule has 1 aromatic heterocycles. The van der Waals surface area contributed by atoms with Crippen LogP contribution in [0.2, 0.25) is 0 Å². The minimum absolute atomic E-state index is 0.110. The highest BCUT2D eigenvalue weighted by Crippen LogP contribution is 2.28. The number of carbonyl (C=O) groups is 1. The van der Waals surface area contributed by atoms with Gasteiger partial charge in [-0.3, -0.25) is 10.4 Å². The second-order valence-electron chi connectivity index (χ2n) is 6.53. The molecule has 7 heteroatoms. The lowest BCUT2D eigenvalue weighted by Crippen LogP contribution is -2.35. The Hall–Kier alpha value is -3.06. The number of amides is 2. The summed E-state index contributed by atoms with van der Waals surface area (Å²) in [5.41, 5.74) is 3.00. The predicted octanol–water partition coefficient (Wildman–Crippen LogP) is 3.54. The van der Waals surface area contributed by atoms with Crippen LogP contribution in [-0.4, -0.2) is 42.6 Å². The third-order valence-corrected chi connectivity index (χ3v) is 4.73. The summed E-state index contributed by atoms with van der Waals surface area (Å²) in [4.78, 5) is 12.1. The monoisotopic (exact) mass is 366 g/mol. The highest BCUT2D eigenvalue weighted by atomic mass is 16.5. The summed E-state index contributed by atoms with van der Waals surface area (Å²) in [6.45, 7) is 1.28. The lowest BCUT2D eigenvalue weighted by atomic mass is 10.0. The van der Waals surface area contributed by atoms with Crippen LogP contribution < -0.4 is 15.4 Å². The van der Waals surface area contributed by atoms with E-state index in [1.807, 2.05) is 42.5 Å². The van der Waals surface area contributed by atoms with E-state index in [9.17, 15) is 4.79 Å². The fraction of sp³-hybridized carbons (Fsp3) is 0.300. The number of hydrogen-bond acceptors (Lipinski definition) is 4. The van der Waals surface area contributed by atoms with Gasteiger partial charge in [-0.25, -0.2) is 4.79 Å². The summed E-state index contributed by atoms with van der Waals surface area (Å²) < 4.78 is 10.7. The molecule has 3 N–H and O–H groups in total. The molecule has 0 bridgehead atoms. The smallest absolute Gasteiger partial charge is 0.320 e. The van der Waals surface area contributed by atoms with Crippen LogP contribution in [-0.2, 0) is 4.74 Å². The van der Waals surface area contributed by atoms with E-state index in [0.717, 1.165) is 47.2 Å². The maximum atomic E-state index is 12.1. The van der Waals surface area contributed by atoms with Gasteiger partial charge in [0.05, 0.1) is 18.7 Å². The van der Waals surface area contributed by atoms with Crippen LogP contribution in [0, 0.1) is 0 Å². The Balaban J connectivity index is 1.45. The number of fused-ring (bicyclic) bond motifs is 1. The zero-order valence-corrected chi connectivity index (χ0v) is 15.1. The molecule has 1 unspecified atom stereocenters. The Morgan fingerprint density at radius 1 is 1.26 bits per heavy atom. The summed E-state index contributed by atoms with van der Waals surface area (Å²) in [5, 5.41) is 13.7. The number of benzene rings is 2. The summed E-state index contributed by atoms with van der Waals surface area (Å²) >= 11 is 0. The van der Waals surface area contributed by atoms with Crippen molar-refractivity contribution in [1.29, 1.82) is 0 Å². The maximum Gasteiger partial charge on any atom is 0.320 e. The Bertz CT molecular complexity index is 930. The Labute approximate surface area is 157 Å². The second kappa shape index (κ2) is 7.67. The molecule has 1 atom stereocenters. The molecule has 7 nitrogen and oxygen atoms in total. The van der Waals surface area contributed by atoms with Crippen molar-refractivity contribution >= 4 is 22.8 Å². The number of ether oxygens (including phenoxy) is 2. The molecule has 27 heavy (non-hydrogen) atoms. The van der Waals surface area contributed by atoms with Gasteiger partial charge in [0.15, 0.2) is 5.82 Å². The number of nitrogens with one attached hydrogen (secondary N) is 3. The van der Waals surface area contributed by atoms with E-state index < -0.39 is 0 Å². The molecule has 1 aliphatic heterocycles. The van der Waals surface area contributed by atoms with Crippen LogP contribution in [0.5, 0.6) is 5.75 Å². The topological polar surface area (TPSA) is 88.3 Å². The van der Waals surface area contributed by atoms with Crippen molar-refractivity contribution in [3.05, 3.63) is 42.5 Å². The van der Waals surface area contributed by atoms with Gasteiger partial charge in [0.2, 0.25) is 0 Å². The van der Waals surface area contributed by atoms with Gasteiger partial charge < -0.3 is 14.8 Å². The summed E-state index contributed by atoms with van der Waals surface area (Å²) in [6, 6.07) is 13.6. The SMILES string of the molecule is COc1ccc(-c2ccc3c(NC(=O)NCC4CCCO4)n[nH]c3c2)cc1. The van der Waals surface area contributed by atoms with E-state index >= 15 is 0 Å². The average Bonchev–Trinajstić information content (AvgIpc) is 3.36. The number of carbonyl (C=O) groups excluding carboxylic acids is 1. The van der Waals surface area contributed by atoms with E-state index in [1.165, 1.54) is 0 Å². The van der Waals surface area contributed by atoms with Gasteiger partial charge in [-0.2, -0.15) is 5.10 Å². The first-order valence-corrected chi connectivity index (χ1v) is 9.02. The quantitative estimate of drug-likeness (QED) is 0.644. The number of urea groups is 1. The molecule has 2 heterocycles. The van der Waals surface area contributed by atoms with Crippen molar-refractivity contribution in [3.63, 3.8) is 0 Å². The molecule has 1 aliphatic rings. The zero-order valence-electron chi connectivity index (χ0n) is 15.1. The minimum Gasteiger partial charge on any atom is -0.497 e. The molecular formula is C20H22N4O3. The Morgan fingerprint density at radius 2 is 2.07 bits per heavy atom. The van der Waals surface area contributed by atoms with Crippen molar-refractivity contribution in [2.75, 3.05) is 25.6 Å². The van der Waals surface area contributed by atoms with E-state index in [-0.39, 0.29) is 12.1 Å². The van der Waals surface area contributed by atoms with Crippen LogP contribution in [0.25, 0.3) is 22.0 Å². The van der Waals surface area contributed by atoms with Gasteiger partial charge in [-0.05, 0) is 48.2 Å². The number of hydrogen-bond donors (Lipinski definition) is 3. The normalized spacial score (nSPS) is 16.4. The van der Waals surface area contributed by atoms with Crippen LogP contribution in [0.15, 0.2) is 42.5 Å². The van der Waals surface area contributed by atoms with Crippen LogP contribution in [0.4, 0.5) is 10.6 Å². The van der Waals surface area contributed by atoms with Crippen molar-refractivity contribution < 1.29 is 14.3 Å². The lowest BCUT2D eigenvalue weighted by Gasteiger charge is -2.10. The van der Waals surface area contributed by atoms with Gasteiger partial charge in [0, 0.05) is 18.5 Å². The Kier molecular flexibility index (Phi) is 4.93. The molecule has 4 rings (SSSR count). The average molecular weight is 366 g/mol. The van der Waals surface area contributed by atoms with Crippen molar-refractivity contribution in [3.8, 4) is 16.9 Å². The highest BCUT2D eigenvalue weighted by Gasteiger charge is 2.17. The lowest BCUT2D eigenvalue weighted by molar-refractivity contribution is 0.112. The standard InChI is InChI=1S/C20H22N4O3/c1-26-15-7-4-13(5-8-15)14-6-9-17-18(11-14)23-24-19(17)22-20(25)21-12-16-3-2-10-27-16/h4-9,11,16H,2-3,10,12H2,1H3,(H3,21,22,23,24,25).